The summed E-state index contributed by atoms with van der Waals surface area (Å²) in [5, 5.41) is 4.21. The molecule has 1 aromatic carbocycles. The zero-order valence-corrected chi connectivity index (χ0v) is 11.4. The van der Waals surface area contributed by atoms with E-state index < -0.39 is 0 Å². The number of piperidine rings is 1. The van der Waals surface area contributed by atoms with Gasteiger partial charge in [-0.15, -0.1) is 0 Å². The Balaban J connectivity index is 1.99. The molecule has 0 atom stereocenters. The summed E-state index contributed by atoms with van der Waals surface area (Å²) in [6.45, 7) is 6.44. The third kappa shape index (κ3) is 3.19. The van der Waals surface area contributed by atoms with Crippen LogP contribution in [0.1, 0.15) is 30.4 Å². The molecule has 0 unspecified atom stereocenters. The summed E-state index contributed by atoms with van der Waals surface area (Å²) < 4.78 is 0. The molecule has 1 N–H and O–H groups in total. The number of likely N-dealkylation sites (tertiary alicyclic amines) is 1. The van der Waals surface area contributed by atoms with Crippen LogP contribution in [-0.4, -0.2) is 23.1 Å². The third-order valence-corrected chi connectivity index (χ3v) is 3.76. The van der Waals surface area contributed by atoms with Crippen LogP contribution < -0.4 is 5.32 Å². The molecule has 2 rings (SSSR count). The second-order valence-corrected chi connectivity index (χ2v) is 5.16. The molecule has 2 nitrogen and oxygen atoms in total. The first kappa shape index (κ1) is 12.4. The number of hydrogen-bond donors (Lipinski definition) is 1. The first-order chi connectivity index (χ1) is 8.16. The topological polar surface area (TPSA) is 15.3 Å². The minimum Gasteiger partial charge on any atom is -0.349 e. The van der Waals surface area contributed by atoms with E-state index in [1.807, 2.05) is 0 Å². The standard InChI is InChI=1S/C14H20N2S/c1-11-6-7-13(10-12(11)2)15-14(17)16-8-4-3-5-9-16/h6-7,10H,3-5,8-9H2,1-2H3,(H,15,17). The van der Waals surface area contributed by atoms with Gasteiger partial charge in [-0.2, -0.15) is 0 Å². The zero-order chi connectivity index (χ0) is 12.3. The number of nitrogens with one attached hydrogen (secondary N) is 1. The van der Waals surface area contributed by atoms with Crippen molar-refractivity contribution in [1.82, 2.24) is 4.90 Å². The van der Waals surface area contributed by atoms with Crippen molar-refractivity contribution < 1.29 is 0 Å². The van der Waals surface area contributed by atoms with E-state index in [2.05, 4.69) is 42.3 Å². The molecule has 0 bridgehead atoms. The van der Waals surface area contributed by atoms with Gasteiger partial charge in [0.15, 0.2) is 5.11 Å². The Labute approximate surface area is 109 Å². The van der Waals surface area contributed by atoms with Gasteiger partial charge in [0.05, 0.1) is 0 Å². The molecule has 17 heavy (non-hydrogen) atoms. The van der Waals surface area contributed by atoms with Gasteiger partial charge in [0, 0.05) is 18.8 Å². The second-order valence-electron chi connectivity index (χ2n) is 4.78. The molecule has 92 valence electrons. The van der Waals surface area contributed by atoms with Gasteiger partial charge in [-0.05, 0) is 68.6 Å². The molecule has 1 aliphatic heterocycles. The van der Waals surface area contributed by atoms with E-state index in [4.69, 9.17) is 12.2 Å². The van der Waals surface area contributed by atoms with Gasteiger partial charge in [0.2, 0.25) is 0 Å². The Hall–Kier alpha value is -1.09. The minimum absolute atomic E-state index is 0.868. The van der Waals surface area contributed by atoms with E-state index in [0.717, 1.165) is 23.9 Å². The number of benzene rings is 1. The molecule has 0 saturated carbocycles. The van der Waals surface area contributed by atoms with Crippen LogP contribution in [0, 0.1) is 13.8 Å². The van der Waals surface area contributed by atoms with Crippen molar-refractivity contribution in [3.8, 4) is 0 Å². The average molecular weight is 248 g/mol. The Morgan fingerprint density at radius 3 is 2.47 bits per heavy atom. The molecule has 1 fully saturated rings. The SMILES string of the molecule is Cc1ccc(NC(=S)N2CCCCC2)cc1C. The van der Waals surface area contributed by atoms with E-state index >= 15 is 0 Å². The van der Waals surface area contributed by atoms with Crippen LogP contribution in [0.4, 0.5) is 5.69 Å². The summed E-state index contributed by atoms with van der Waals surface area (Å²) in [4.78, 5) is 2.27. The maximum absolute atomic E-state index is 5.45. The van der Waals surface area contributed by atoms with Gasteiger partial charge < -0.3 is 10.2 Å². The highest BCUT2D eigenvalue weighted by atomic mass is 32.1. The molecular formula is C14H20N2S. The largest absolute Gasteiger partial charge is 0.349 e. The second kappa shape index (κ2) is 5.50. The quantitative estimate of drug-likeness (QED) is 0.766. The van der Waals surface area contributed by atoms with E-state index in [-0.39, 0.29) is 0 Å². The summed E-state index contributed by atoms with van der Waals surface area (Å²) in [7, 11) is 0. The predicted molar refractivity (Wildman–Crippen MR) is 77.6 cm³/mol. The van der Waals surface area contributed by atoms with Crippen molar-refractivity contribution in [3.63, 3.8) is 0 Å². The van der Waals surface area contributed by atoms with Gasteiger partial charge in [-0.3, -0.25) is 0 Å². The lowest BCUT2D eigenvalue weighted by Gasteiger charge is -2.29. The van der Waals surface area contributed by atoms with Gasteiger partial charge >= 0.3 is 0 Å². The average Bonchev–Trinajstić information content (AvgIpc) is 2.35. The maximum Gasteiger partial charge on any atom is 0.173 e. The fourth-order valence-electron chi connectivity index (χ4n) is 2.12. The van der Waals surface area contributed by atoms with Crippen molar-refractivity contribution in [2.75, 3.05) is 18.4 Å². The minimum atomic E-state index is 0.868. The molecule has 0 radical (unpaired) electrons. The number of aryl methyl sites for hydroxylation is 2. The van der Waals surface area contributed by atoms with Crippen LogP contribution in [0.2, 0.25) is 0 Å². The van der Waals surface area contributed by atoms with Crippen LogP contribution >= 0.6 is 12.2 Å². The molecule has 1 heterocycles. The Morgan fingerprint density at radius 1 is 1.12 bits per heavy atom. The van der Waals surface area contributed by atoms with Gasteiger partial charge in [-0.1, -0.05) is 6.07 Å². The highest BCUT2D eigenvalue weighted by Gasteiger charge is 2.13. The highest BCUT2D eigenvalue weighted by Crippen LogP contribution is 2.16. The molecule has 0 spiro atoms. The van der Waals surface area contributed by atoms with Crippen molar-refractivity contribution >= 4 is 23.0 Å². The summed E-state index contributed by atoms with van der Waals surface area (Å²) in [5.74, 6) is 0. The normalized spacial score (nSPS) is 15.8. The summed E-state index contributed by atoms with van der Waals surface area (Å²) in [6.07, 6.45) is 3.85. The van der Waals surface area contributed by atoms with Gasteiger partial charge in [-0.25, -0.2) is 0 Å². The lowest BCUT2D eigenvalue weighted by Crippen LogP contribution is -2.38. The molecule has 1 saturated heterocycles. The molecule has 0 amide bonds. The summed E-state index contributed by atoms with van der Waals surface area (Å²) >= 11 is 5.45. The predicted octanol–water partition coefficient (Wildman–Crippen LogP) is 3.49. The fourth-order valence-corrected chi connectivity index (χ4v) is 2.42. The molecule has 0 aliphatic carbocycles. The molecule has 3 heteroatoms. The van der Waals surface area contributed by atoms with Gasteiger partial charge in [0.1, 0.15) is 0 Å². The number of nitrogens with zero attached hydrogens (tertiary/aromatic N) is 1. The van der Waals surface area contributed by atoms with Crippen molar-refractivity contribution in [3.05, 3.63) is 29.3 Å². The van der Waals surface area contributed by atoms with E-state index in [0.29, 0.717) is 0 Å². The van der Waals surface area contributed by atoms with Crippen LogP contribution in [0.5, 0.6) is 0 Å². The van der Waals surface area contributed by atoms with Gasteiger partial charge in [0.25, 0.3) is 0 Å². The number of hydrogen-bond acceptors (Lipinski definition) is 1. The monoisotopic (exact) mass is 248 g/mol. The molecule has 1 aromatic rings. The van der Waals surface area contributed by atoms with Crippen molar-refractivity contribution in [2.45, 2.75) is 33.1 Å². The van der Waals surface area contributed by atoms with Crippen molar-refractivity contribution in [2.24, 2.45) is 0 Å². The fraction of sp³-hybridized carbons (Fsp3) is 0.500. The van der Waals surface area contributed by atoms with Crippen LogP contribution in [-0.2, 0) is 0 Å². The highest BCUT2D eigenvalue weighted by molar-refractivity contribution is 7.80. The first-order valence-corrected chi connectivity index (χ1v) is 6.71. The maximum atomic E-state index is 5.45. The van der Waals surface area contributed by atoms with Crippen LogP contribution in [0.3, 0.4) is 0 Å². The number of anilines is 1. The van der Waals surface area contributed by atoms with Crippen LogP contribution in [0.25, 0.3) is 0 Å². The third-order valence-electron chi connectivity index (χ3n) is 3.40. The molecular weight excluding hydrogens is 228 g/mol. The van der Waals surface area contributed by atoms with Crippen LogP contribution in [0.15, 0.2) is 18.2 Å². The lowest BCUT2D eigenvalue weighted by molar-refractivity contribution is 0.346. The Bertz CT molecular complexity index is 409. The van der Waals surface area contributed by atoms with E-state index in [1.165, 1.54) is 30.4 Å². The summed E-state index contributed by atoms with van der Waals surface area (Å²) in [5.41, 5.74) is 3.72. The number of thiocarbonyl (C=S) groups is 1. The molecule has 0 aromatic heterocycles. The van der Waals surface area contributed by atoms with E-state index in [9.17, 15) is 0 Å². The zero-order valence-electron chi connectivity index (χ0n) is 10.6. The first-order valence-electron chi connectivity index (χ1n) is 6.30. The molecule has 1 aliphatic rings. The number of rotatable bonds is 1. The lowest BCUT2D eigenvalue weighted by atomic mass is 10.1. The Morgan fingerprint density at radius 2 is 1.82 bits per heavy atom. The van der Waals surface area contributed by atoms with Crippen molar-refractivity contribution in [1.29, 1.82) is 0 Å². The smallest absolute Gasteiger partial charge is 0.173 e. The van der Waals surface area contributed by atoms with E-state index in [1.54, 1.807) is 0 Å². The Kier molecular flexibility index (Phi) is 4.00. The summed E-state index contributed by atoms with van der Waals surface area (Å²) in [6, 6.07) is 6.39.